The van der Waals surface area contributed by atoms with Crippen LogP contribution in [-0.4, -0.2) is 27.7 Å². The molecule has 5 heteroatoms. The average Bonchev–Trinajstić information content (AvgIpc) is 2.90. The molecule has 1 heterocycles. The smallest absolute Gasteiger partial charge is 0.335 e. The summed E-state index contributed by atoms with van der Waals surface area (Å²) in [6, 6.07) is 12.7. The summed E-state index contributed by atoms with van der Waals surface area (Å²) in [7, 11) is 1.63. The second kappa shape index (κ2) is 5.28. The van der Waals surface area contributed by atoms with Crippen LogP contribution in [0, 0.1) is 0 Å². The number of aromatic carboxylic acids is 1. The molecule has 1 aromatic heterocycles. The number of carboxylic acid groups (broad SMARTS) is 1. The predicted molar refractivity (Wildman–Crippen MR) is 78.8 cm³/mol. The quantitative estimate of drug-likeness (QED) is 0.799. The lowest BCUT2D eigenvalue weighted by atomic mass is 10.2. The normalized spacial score (nSPS) is 10.7. The standard InChI is InChI=1S/C16H14N2O3/c1-21-13-4-2-3-11(7-13)9-18-10-17-14-6-5-12(16(19)20)8-15(14)18/h2-8,10H,9H2,1H3,(H,19,20). The van der Waals surface area contributed by atoms with Gasteiger partial charge in [-0.3, -0.25) is 0 Å². The van der Waals surface area contributed by atoms with E-state index in [1.807, 2.05) is 28.8 Å². The van der Waals surface area contributed by atoms with Crippen molar-refractivity contribution < 1.29 is 14.6 Å². The summed E-state index contributed by atoms with van der Waals surface area (Å²) >= 11 is 0. The molecular formula is C16H14N2O3. The average molecular weight is 282 g/mol. The Kier molecular flexibility index (Phi) is 3.31. The first-order valence-corrected chi connectivity index (χ1v) is 6.48. The maximum absolute atomic E-state index is 11.1. The zero-order valence-electron chi connectivity index (χ0n) is 11.5. The zero-order valence-corrected chi connectivity index (χ0v) is 11.5. The number of aromatic nitrogens is 2. The number of imidazole rings is 1. The number of rotatable bonds is 4. The summed E-state index contributed by atoms with van der Waals surface area (Å²) in [5, 5.41) is 9.08. The lowest BCUT2D eigenvalue weighted by Crippen LogP contribution is -2.00. The van der Waals surface area contributed by atoms with Crippen molar-refractivity contribution in [3.8, 4) is 5.75 Å². The monoisotopic (exact) mass is 282 g/mol. The number of nitrogens with zero attached hydrogens (tertiary/aromatic N) is 2. The lowest BCUT2D eigenvalue weighted by molar-refractivity contribution is 0.0697. The van der Waals surface area contributed by atoms with Crippen LogP contribution in [0.5, 0.6) is 5.75 Å². The summed E-state index contributed by atoms with van der Waals surface area (Å²) in [5.74, 6) is -0.144. The van der Waals surface area contributed by atoms with Gasteiger partial charge in [0.05, 0.1) is 30.0 Å². The molecule has 0 atom stereocenters. The molecule has 106 valence electrons. The molecule has 0 saturated heterocycles. The van der Waals surface area contributed by atoms with Crippen LogP contribution in [-0.2, 0) is 6.54 Å². The largest absolute Gasteiger partial charge is 0.497 e. The van der Waals surface area contributed by atoms with Crippen LogP contribution in [0.1, 0.15) is 15.9 Å². The molecule has 0 fully saturated rings. The van der Waals surface area contributed by atoms with Gasteiger partial charge in [-0.1, -0.05) is 12.1 Å². The fourth-order valence-electron chi connectivity index (χ4n) is 2.28. The van der Waals surface area contributed by atoms with Crippen molar-refractivity contribution in [3.63, 3.8) is 0 Å². The van der Waals surface area contributed by atoms with Gasteiger partial charge in [0.25, 0.3) is 0 Å². The number of carboxylic acids is 1. The maximum Gasteiger partial charge on any atom is 0.335 e. The number of fused-ring (bicyclic) bond motifs is 1. The van der Waals surface area contributed by atoms with Gasteiger partial charge in [-0.05, 0) is 35.9 Å². The molecule has 0 aliphatic rings. The van der Waals surface area contributed by atoms with Crippen molar-refractivity contribution in [2.24, 2.45) is 0 Å². The van der Waals surface area contributed by atoms with Crippen LogP contribution in [0.15, 0.2) is 48.8 Å². The molecule has 0 aliphatic heterocycles. The van der Waals surface area contributed by atoms with Crippen molar-refractivity contribution in [2.45, 2.75) is 6.54 Å². The predicted octanol–water partition coefficient (Wildman–Crippen LogP) is 2.79. The number of benzene rings is 2. The Morgan fingerprint density at radius 3 is 2.90 bits per heavy atom. The number of methoxy groups -OCH3 is 1. The number of hydrogen-bond donors (Lipinski definition) is 1. The minimum atomic E-state index is -0.939. The minimum absolute atomic E-state index is 0.259. The topological polar surface area (TPSA) is 64.4 Å². The molecular weight excluding hydrogens is 268 g/mol. The molecule has 0 saturated carbocycles. The van der Waals surface area contributed by atoms with Crippen molar-refractivity contribution in [3.05, 3.63) is 59.9 Å². The van der Waals surface area contributed by atoms with E-state index < -0.39 is 5.97 Å². The molecule has 0 spiro atoms. The minimum Gasteiger partial charge on any atom is -0.497 e. The molecule has 5 nitrogen and oxygen atoms in total. The van der Waals surface area contributed by atoms with Gasteiger partial charge in [0.2, 0.25) is 0 Å². The number of hydrogen-bond acceptors (Lipinski definition) is 3. The van der Waals surface area contributed by atoms with Crippen molar-refractivity contribution >= 4 is 17.0 Å². The molecule has 21 heavy (non-hydrogen) atoms. The Labute approximate surface area is 121 Å². The second-order valence-corrected chi connectivity index (χ2v) is 4.73. The Morgan fingerprint density at radius 1 is 1.29 bits per heavy atom. The van der Waals surface area contributed by atoms with E-state index in [0.29, 0.717) is 6.54 Å². The summed E-state index contributed by atoms with van der Waals surface area (Å²) in [6.45, 7) is 0.608. The third-order valence-corrected chi connectivity index (χ3v) is 3.36. The lowest BCUT2D eigenvalue weighted by Gasteiger charge is -2.07. The summed E-state index contributed by atoms with van der Waals surface area (Å²) in [5.41, 5.74) is 2.91. The third-order valence-electron chi connectivity index (χ3n) is 3.36. The van der Waals surface area contributed by atoms with Gasteiger partial charge >= 0.3 is 5.97 Å². The number of carbonyl (C=O) groups is 1. The first kappa shape index (κ1) is 13.2. The van der Waals surface area contributed by atoms with Gasteiger partial charge in [0, 0.05) is 6.54 Å². The van der Waals surface area contributed by atoms with Gasteiger partial charge in [0.1, 0.15) is 5.75 Å². The number of ether oxygens (including phenoxy) is 1. The van der Waals surface area contributed by atoms with Crippen molar-refractivity contribution in [1.82, 2.24) is 9.55 Å². The summed E-state index contributed by atoms with van der Waals surface area (Å²) < 4.78 is 7.14. The van der Waals surface area contributed by atoms with Crippen molar-refractivity contribution in [1.29, 1.82) is 0 Å². The first-order valence-electron chi connectivity index (χ1n) is 6.48. The molecule has 0 bridgehead atoms. The molecule has 0 unspecified atom stereocenters. The van der Waals surface area contributed by atoms with E-state index in [2.05, 4.69) is 4.98 Å². The zero-order chi connectivity index (χ0) is 14.8. The van der Waals surface area contributed by atoms with Gasteiger partial charge in [-0.2, -0.15) is 0 Å². The Hall–Kier alpha value is -2.82. The van der Waals surface area contributed by atoms with E-state index >= 15 is 0 Å². The van der Waals surface area contributed by atoms with E-state index in [4.69, 9.17) is 9.84 Å². The van der Waals surface area contributed by atoms with Crippen LogP contribution in [0.4, 0.5) is 0 Å². The van der Waals surface area contributed by atoms with Gasteiger partial charge in [-0.15, -0.1) is 0 Å². The van der Waals surface area contributed by atoms with Gasteiger partial charge < -0.3 is 14.4 Å². The molecule has 3 aromatic rings. The highest BCUT2D eigenvalue weighted by atomic mass is 16.5. The second-order valence-electron chi connectivity index (χ2n) is 4.73. The molecule has 2 aromatic carbocycles. The first-order chi connectivity index (χ1) is 10.2. The van der Waals surface area contributed by atoms with E-state index in [9.17, 15) is 4.79 Å². The van der Waals surface area contributed by atoms with E-state index in [0.717, 1.165) is 22.3 Å². The van der Waals surface area contributed by atoms with Gasteiger partial charge in [0.15, 0.2) is 0 Å². The van der Waals surface area contributed by atoms with Crippen LogP contribution in [0.2, 0.25) is 0 Å². The Bertz CT molecular complexity index is 808. The highest BCUT2D eigenvalue weighted by Crippen LogP contribution is 2.18. The molecule has 0 amide bonds. The third kappa shape index (κ3) is 2.58. The van der Waals surface area contributed by atoms with Crippen LogP contribution in [0.25, 0.3) is 11.0 Å². The molecule has 0 radical (unpaired) electrons. The van der Waals surface area contributed by atoms with E-state index in [1.54, 1.807) is 31.6 Å². The van der Waals surface area contributed by atoms with E-state index in [-0.39, 0.29) is 5.56 Å². The van der Waals surface area contributed by atoms with Crippen LogP contribution >= 0.6 is 0 Å². The summed E-state index contributed by atoms with van der Waals surface area (Å²) in [6.07, 6.45) is 1.72. The van der Waals surface area contributed by atoms with Crippen molar-refractivity contribution in [2.75, 3.05) is 7.11 Å². The highest BCUT2D eigenvalue weighted by molar-refractivity contribution is 5.92. The highest BCUT2D eigenvalue weighted by Gasteiger charge is 2.08. The van der Waals surface area contributed by atoms with Crippen LogP contribution < -0.4 is 4.74 Å². The maximum atomic E-state index is 11.1. The summed E-state index contributed by atoms with van der Waals surface area (Å²) in [4.78, 5) is 15.4. The fourth-order valence-corrected chi connectivity index (χ4v) is 2.28. The Morgan fingerprint density at radius 2 is 2.14 bits per heavy atom. The van der Waals surface area contributed by atoms with Crippen LogP contribution in [0.3, 0.4) is 0 Å². The fraction of sp³-hybridized carbons (Fsp3) is 0.125. The Balaban J connectivity index is 1.99. The van der Waals surface area contributed by atoms with Gasteiger partial charge in [-0.25, -0.2) is 9.78 Å². The SMILES string of the molecule is COc1cccc(Cn2cnc3ccc(C(=O)O)cc32)c1. The molecule has 0 aliphatic carbocycles. The molecule has 3 rings (SSSR count). The van der Waals surface area contributed by atoms with E-state index in [1.165, 1.54) is 0 Å². The molecule has 1 N–H and O–H groups in total.